The van der Waals surface area contributed by atoms with Crippen LogP contribution < -0.4 is 27.0 Å². The van der Waals surface area contributed by atoms with Crippen LogP contribution in [0.4, 0.5) is 0 Å². The molecule has 41 heavy (non-hydrogen) atoms. The molecule has 0 aromatic rings. The van der Waals surface area contributed by atoms with E-state index in [0.717, 1.165) is 0 Å². The fourth-order valence-electron chi connectivity index (χ4n) is 4.19. The number of carboxylic acids is 2. The van der Waals surface area contributed by atoms with Gasteiger partial charge >= 0.3 is 11.9 Å². The Labute approximate surface area is 243 Å². The van der Waals surface area contributed by atoms with Gasteiger partial charge in [0.2, 0.25) is 23.6 Å². The molecule has 0 saturated carbocycles. The molecule has 5 atom stereocenters. The first kappa shape index (κ1) is 37.8. The highest BCUT2D eigenvalue weighted by atomic mass is 16.4. The second-order valence-corrected chi connectivity index (χ2v) is 12.3. The van der Waals surface area contributed by atoms with Crippen molar-refractivity contribution in [3.63, 3.8) is 0 Å². The number of hydrogen-bond acceptors (Lipinski definition) is 7. The maximum absolute atomic E-state index is 13.4. The fraction of sp³-hybridized carbons (Fsp3) is 0.786. The van der Waals surface area contributed by atoms with Gasteiger partial charge in [0.15, 0.2) is 0 Å². The zero-order valence-electron chi connectivity index (χ0n) is 25.7. The minimum atomic E-state index is -1.68. The van der Waals surface area contributed by atoms with Crippen LogP contribution in [0.2, 0.25) is 0 Å². The van der Waals surface area contributed by atoms with E-state index in [9.17, 15) is 33.9 Å². The highest BCUT2D eigenvalue weighted by Crippen LogP contribution is 2.12. The van der Waals surface area contributed by atoms with Gasteiger partial charge in [0.25, 0.3) is 0 Å². The third kappa shape index (κ3) is 16.0. The molecule has 0 aromatic heterocycles. The van der Waals surface area contributed by atoms with Gasteiger partial charge in [-0.2, -0.15) is 0 Å². The summed E-state index contributed by atoms with van der Waals surface area (Å²) in [6.07, 6.45) is 0.271. The Morgan fingerprint density at radius 2 is 0.805 bits per heavy atom. The second kappa shape index (κ2) is 18.3. The molecule has 0 radical (unpaired) electrons. The summed E-state index contributed by atoms with van der Waals surface area (Å²) in [4.78, 5) is 74.8. The van der Waals surface area contributed by atoms with Crippen LogP contribution in [0.3, 0.4) is 0 Å². The van der Waals surface area contributed by atoms with Crippen molar-refractivity contribution in [2.24, 2.45) is 29.4 Å². The molecule has 0 aliphatic rings. The molecule has 236 valence electrons. The average molecular weight is 586 g/mol. The van der Waals surface area contributed by atoms with Gasteiger partial charge in [-0.1, -0.05) is 55.4 Å². The van der Waals surface area contributed by atoms with Gasteiger partial charge in [0.1, 0.15) is 24.2 Å². The summed E-state index contributed by atoms with van der Waals surface area (Å²) in [6.45, 7) is 15.0. The van der Waals surface area contributed by atoms with Crippen LogP contribution in [0.1, 0.15) is 87.5 Å². The topological polar surface area (TPSA) is 217 Å². The summed E-state index contributed by atoms with van der Waals surface area (Å²) in [6, 6.07) is -5.65. The van der Waals surface area contributed by atoms with E-state index in [0.29, 0.717) is 12.8 Å². The highest BCUT2D eigenvalue weighted by molar-refractivity contribution is 5.95. The molecule has 4 amide bonds. The molecule has 0 heterocycles. The Bertz CT molecular complexity index is 906. The number of nitrogens with two attached hydrogens (primary N) is 1. The van der Waals surface area contributed by atoms with E-state index in [4.69, 9.17) is 10.8 Å². The molecule has 8 N–H and O–H groups in total. The number of carbonyl (C=O) groups excluding carboxylic acids is 4. The molecule has 0 saturated heterocycles. The zero-order valence-corrected chi connectivity index (χ0v) is 25.7. The fourth-order valence-corrected chi connectivity index (χ4v) is 4.19. The Hall–Kier alpha value is -3.22. The van der Waals surface area contributed by atoms with E-state index >= 15 is 0 Å². The molecule has 0 rings (SSSR count). The van der Waals surface area contributed by atoms with Crippen molar-refractivity contribution in [3.05, 3.63) is 0 Å². The normalized spacial score (nSPS) is 15.1. The first-order valence-electron chi connectivity index (χ1n) is 14.2. The Morgan fingerprint density at radius 3 is 1.07 bits per heavy atom. The number of hydrogen-bond donors (Lipinski definition) is 7. The number of carbonyl (C=O) groups is 6. The van der Waals surface area contributed by atoms with Crippen molar-refractivity contribution in [1.82, 2.24) is 21.3 Å². The molecule has 0 aliphatic carbocycles. The summed E-state index contributed by atoms with van der Waals surface area (Å²) in [5, 5.41) is 28.5. The number of nitrogens with one attached hydrogen (secondary N) is 4. The molecule has 0 fully saturated rings. The number of amides is 4. The molecule has 0 aliphatic heterocycles. The van der Waals surface area contributed by atoms with Crippen LogP contribution in [-0.2, 0) is 28.8 Å². The predicted octanol–water partition coefficient (Wildman–Crippen LogP) is 0.997. The van der Waals surface area contributed by atoms with Gasteiger partial charge in [-0.15, -0.1) is 0 Å². The lowest BCUT2D eigenvalue weighted by molar-refractivity contribution is -0.147. The average Bonchev–Trinajstić information content (AvgIpc) is 2.80. The van der Waals surface area contributed by atoms with Crippen molar-refractivity contribution < 1.29 is 39.0 Å². The summed E-state index contributed by atoms with van der Waals surface area (Å²) >= 11 is 0. The standard InChI is InChI=1S/C28H51N5O8/c1-14(2)9-18(29)24(36)30-19(10-15(3)4)25(37)31-20(11-16(5)6)26(38)32-21(12-17(7)8)27(39)33-22(28(40)41)13-23(34)35/h14-22H,9-13,29H2,1-8H3,(H,30,36)(H,31,37)(H,32,38)(H,33,39)(H,34,35)(H,40,41)/t18-,19-,20-,21-,22-/m0/s1. The van der Waals surface area contributed by atoms with E-state index in [-0.39, 0.29) is 36.5 Å². The van der Waals surface area contributed by atoms with E-state index in [1.165, 1.54) is 0 Å². The minimum Gasteiger partial charge on any atom is -0.481 e. The van der Waals surface area contributed by atoms with Crippen molar-refractivity contribution in [2.45, 2.75) is 118 Å². The van der Waals surface area contributed by atoms with Crippen molar-refractivity contribution in [2.75, 3.05) is 0 Å². The van der Waals surface area contributed by atoms with E-state index in [1.807, 2.05) is 41.5 Å². The van der Waals surface area contributed by atoms with Crippen LogP contribution >= 0.6 is 0 Å². The van der Waals surface area contributed by atoms with Crippen LogP contribution in [-0.4, -0.2) is 76.0 Å². The van der Waals surface area contributed by atoms with Gasteiger partial charge in [0, 0.05) is 0 Å². The molecule has 13 heteroatoms. The smallest absolute Gasteiger partial charge is 0.326 e. The van der Waals surface area contributed by atoms with E-state index in [1.54, 1.807) is 13.8 Å². The van der Waals surface area contributed by atoms with Gasteiger partial charge < -0.3 is 37.2 Å². The molecular formula is C28H51N5O8. The first-order valence-corrected chi connectivity index (χ1v) is 14.2. The quantitative estimate of drug-likeness (QED) is 0.115. The Kier molecular flexibility index (Phi) is 16.8. The first-order chi connectivity index (χ1) is 18.8. The van der Waals surface area contributed by atoms with Gasteiger partial charge in [-0.05, 0) is 49.4 Å². The maximum Gasteiger partial charge on any atom is 0.326 e. The Balaban J connectivity index is 5.87. The lowest BCUT2D eigenvalue weighted by Gasteiger charge is -2.28. The van der Waals surface area contributed by atoms with Crippen molar-refractivity contribution in [3.8, 4) is 0 Å². The van der Waals surface area contributed by atoms with Crippen molar-refractivity contribution in [1.29, 1.82) is 0 Å². The van der Waals surface area contributed by atoms with Crippen LogP contribution in [0, 0.1) is 23.7 Å². The zero-order chi connectivity index (χ0) is 32.0. The highest BCUT2D eigenvalue weighted by Gasteiger charge is 2.33. The van der Waals surface area contributed by atoms with Crippen LogP contribution in [0.5, 0.6) is 0 Å². The maximum atomic E-state index is 13.4. The minimum absolute atomic E-state index is 0.0343. The summed E-state index contributed by atoms with van der Waals surface area (Å²) < 4.78 is 0. The summed E-state index contributed by atoms with van der Waals surface area (Å²) in [7, 11) is 0. The number of carboxylic acid groups (broad SMARTS) is 2. The largest absolute Gasteiger partial charge is 0.481 e. The second-order valence-electron chi connectivity index (χ2n) is 12.3. The summed E-state index contributed by atoms with van der Waals surface area (Å²) in [5.74, 6) is -5.38. The molecule has 0 spiro atoms. The third-order valence-corrected chi connectivity index (χ3v) is 6.08. The number of rotatable bonds is 19. The predicted molar refractivity (Wildman–Crippen MR) is 153 cm³/mol. The third-order valence-electron chi connectivity index (χ3n) is 6.08. The molecule has 0 unspecified atom stereocenters. The summed E-state index contributed by atoms with van der Waals surface area (Å²) in [5.41, 5.74) is 6.00. The number of aliphatic carboxylic acids is 2. The van der Waals surface area contributed by atoms with Crippen LogP contribution in [0.15, 0.2) is 0 Å². The lowest BCUT2D eigenvalue weighted by atomic mass is 9.98. The van der Waals surface area contributed by atoms with E-state index in [2.05, 4.69) is 21.3 Å². The van der Waals surface area contributed by atoms with Crippen LogP contribution in [0.25, 0.3) is 0 Å². The molecule has 0 aromatic carbocycles. The SMILES string of the molecule is CC(C)C[C@H](NC(=O)[C@H](CC(C)C)NC(=O)[C@H](CC(C)C)NC(=O)[C@@H](N)CC(C)C)C(=O)N[C@@H](CC(=O)O)C(=O)O. The molecule has 13 nitrogen and oxygen atoms in total. The van der Waals surface area contributed by atoms with Gasteiger partial charge in [-0.25, -0.2) is 4.79 Å². The molecule has 0 bridgehead atoms. The van der Waals surface area contributed by atoms with Gasteiger partial charge in [0.05, 0.1) is 12.5 Å². The van der Waals surface area contributed by atoms with E-state index < -0.39 is 72.2 Å². The lowest BCUT2D eigenvalue weighted by Crippen LogP contribution is -2.59. The van der Waals surface area contributed by atoms with Gasteiger partial charge in [-0.3, -0.25) is 24.0 Å². The van der Waals surface area contributed by atoms with Crippen molar-refractivity contribution >= 4 is 35.6 Å². The molecular weight excluding hydrogens is 534 g/mol. The Morgan fingerprint density at radius 1 is 0.512 bits per heavy atom. The monoisotopic (exact) mass is 585 g/mol.